The van der Waals surface area contributed by atoms with Crippen LogP contribution in [-0.4, -0.2) is 32.9 Å². The zero-order chi connectivity index (χ0) is 14.6. The van der Waals surface area contributed by atoms with E-state index in [0.29, 0.717) is 19.6 Å². The fourth-order valence-corrected chi connectivity index (χ4v) is 4.07. The fourth-order valence-electron chi connectivity index (χ4n) is 2.33. The van der Waals surface area contributed by atoms with Gasteiger partial charge < -0.3 is 10.1 Å². The van der Waals surface area contributed by atoms with Crippen LogP contribution in [-0.2, 0) is 32.5 Å². The zero-order valence-corrected chi connectivity index (χ0v) is 12.3. The van der Waals surface area contributed by atoms with Crippen molar-refractivity contribution >= 4 is 15.7 Å². The zero-order valence-electron chi connectivity index (χ0n) is 11.5. The Balaban J connectivity index is 1.89. The smallest absolute Gasteiger partial charge is 0.224 e. The van der Waals surface area contributed by atoms with Gasteiger partial charge in [0.05, 0.1) is 24.0 Å². The second kappa shape index (κ2) is 6.37. The molecule has 1 atom stereocenters. The number of amides is 1. The molecule has 110 valence electrons. The van der Waals surface area contributed by atoms with Gasteiger partial charge in [0.2, 0.25) is 5.91 Å². The Morgan fingerprint density at radius 3 is 2.80 bits per heavy atom. The lowest BCUT2D eigenvalue weighted by Gasteiger charge is -2.10. The van der Waals surface area contributed by atoms with E-state index < -0.39 is 15.8 Å². The summed E-state index contributed by atoms with van der Waals surface area (Å²) in [6.07, 6.45) is 0.428. The maximum Gasteiger partial charge on any atom is 0.224 e. The average Bonchev–Trinajstić information content (AvgIpc) is 2.77. The predicted octanol–water partition coefficient (Wildman–Crippen LogP) is 0.884. The van der Waals surface area contributed by atoms with Gasteiger partial charge in [-0.05, 0) is 17.5 Å². The third-order valence-corrected chi connectivity index (χ3v) is 5.14. The standard InChI is InChI=1S/C14H19NO4S/c1-19-9-12-4-2-3-11(7-12)8-15-14(16)13-5-6-20(17,18)10-13/h2-4,7,13H,5-6,8-10H2,1H3,(H,15,16)/t13-/m0/s1. The Bertz CT molecular complexity index is 583. The highest BCUT2D eigenvalue weighted by Gasteiger charge is 2.32. The monoisotopic (exact) mass is 297 g/mol. The number of hydrogen-bond acceptors (Lipinski definition) is 4. The first-order valence-corrected chi connectivity index (χ1v) is 8.37. The van der Waals surface area contributed by atoms with Gasteiger partial charge in [-0.25, -0.2) is 8.42 Å². The molecule has 0 saturated carbocycles. The largest absolute Gasteiger partial charge is 0.380 e. The Morgan fingerprint density at radius 2 is 2.15 bits per heavy atom. The van der Waals surface area contributed by atoms with Crippen molar-refractivity contribution in [3.8, 4) is 0 Å². The SMILES string of the molecule is COCc1cccc(CNC(=O)[C@H]2CCS(=O)(=O)C2)c1. The van der Waals surface area contributed by atoms with Crippen LogP contribution in [0, 0.1) is 5.92 Å². The van der Waals surface area contributed by atoms with Crippen LogP contribution in [0.1, 0.15) is 17.5 Å². The minimum Gasteiger partial charge on any atom is -0.380 e. The van der Waals surface area contributed by atoms with E-state index in [1.54, 1.807) is 7.11 Å². The first-order chi connectivity index (χ1) is 9.50. The molecule has 0 aliphatic carbocycles. The Kier molecular flexibility index (Phi) is 4.77. The number of hydrogen-bond donors (Lipinski definition) is 1. The molecule has 1 N–H and O–H groups in total. The lowest BCUT2D eigenvalue weighted by molar-refractivity contribution is -0.124. The van der Waals surface area contributed by atoms with Crippen LogP contribution in [0.5, 0.6) is 0 Å². The molecule has 1 aromatic rings. The van der Waals surface area contributed by atoms with Gasteiger partial charge in [0.15, 0.2) is 9.84 Å². The molecular formula is C14H19NO4S. The van der Waals surface area contributed by atoms with E-state index in [1.807, 2.05) is 24.3 Å². The van der Waals surface area contributed by atoms with Crippen LogP contribution in [0.15, 0.2) is 24.3 Å². The molecule has 1 fully saturated rings. The molecule has 0 unspecified atom stereocenters. The molecule has 0 spiro atoms. The third-order valence-electron chi connectivity index (χ3n) is 3.37. The first-order valence-electron chi connectivity index (χ1n) is 6.55. The third kappa shape index (κ3) is 4.05. The highest BCUT2D eigenvalue weighted by atomic mass is 32.2. The van der Waals surface area contributed by atoms with E-state index in [0.717, 1.165) is 11.1 Å². The van der Waals surface area contributed by atoms with Gasteiger partial charge in [0.25, 0.3) is 0 Å². The summed E-state index contributed by atoms with van der Waals surface area (Å²) >= 11 is 0. The molecule has 1 saturated heterocycles. The van der Waals surface area contributed by atoms with Crippen molar-refractivity contribution in [3.05, 3.63) is 35.4 Å². The molecule has 5 nitrogen and oxygen atoms in total. The lowest BCUT2D eigenvalue weighted by atomic mass is 10.1. The van der Waals surface area contributed by atoms with Crippen LogP contribution in [0.2, 0.25) is 0 Å². The van der Waals surface area contributed by atoms with Crippen LogP contribution >= 0.6 is 0 Å². The van der Waals surface area contributed by atoms with Gasteiger partial charge in [-0.15, -0.1) is 0 Å². The van der Waals surface area contributed by atoms with E-state index >= 15 is 0 Å². The maximum absolute atomic E-state index is 11.9. The predicted molar refractivity (Wildman–Crippen MR) is 75.8 cm³/mol. The minimum absolute atomic E-state index is 0.0253. The van der Waals surface area contributed by atoms with Crippen molar-refractivity contribution in [1.82, 2.24) is 5.32 Å². The van der Waals surface area contributed by atoms with Crippen molar-refractivity contribution in [2.45, 2.75) is 19.6 Å². The molecule has 20 heavy (non-hydrogen) atoms. The Hall–Kier alpha value is -1.40. The number of sulfone groups is 1. The van der Waals surface area contributed by atoms with E-state index in [1.165, 1.54) is 0 Å². The summed E-state index contributed by atoms with van der Waals surface area (Å²) in [4.78, 5) is 11.9. The second-order valence-corrected chi connectivity index (χ2v) is 7.30. The summed E-state index contributed by atoms with van der Waals surface area (Å²) in [5.41, 5.74) is 2.02. The minimum atomic E-state index is -3.01. The number of ether oxygens (including phenoxy) is 1. The molecule has 1 aromatic carbocycles. The fraction of sp³-hybridized carbons (Fsp3) is 0.500. The van der Waals surface area contributed by atoms with Crippen molar-refractivity contribution in [1.29, 1.82) is 0 Å². The molecule has 0 radical (unpaired) electrons. The van der Waals surface area contributed by atoms with E-state index in [4.69, 9.17) is 4.74 Å². The van der Waals surface area contributed by atoms with E-state index in [2.05, 4.69) is 5.32 Å². The van der Waals surface area contributed by atoms with Crippen molar-refractivity contribution in [2.75, 3.05) is 18.6 Å². The number of rotatable bonds is 5. The Morgan fingerprint density at radius 1 is 1.40 bits per heavy atom. The number of carbonyl (C=O) groups is 1. The maximum atomic E-state index is 11.9. The molecule has 2 rings (SSSR count). The molecular weight excluding hydrogens is 278 g/mol. The van der Waals surface area contributed by atoms with E-state index in [-0.39, 0.29) is 17.4 Å². The topological polar surface area (TPSA) is 72.5 Å². The van der Waals surface area contributed by atoms with Crippen LogP contribution in [0.25, 0.3) is 0 Å². The summed E-state index contributed by atoms with van der Waals surface area (Å²) in [5, 5.41) is 2.80. The molecule has 6 heteroatoms. The normalized spacial score (nSPS) is 20.8. The molecule has 0 aromatic heterocycles. The van der Waals surface area contributed by atoms with Gasteiger partial charge in [-0.1, -0.05) is 24.3 Å². The summed E-state index contributed by atoms with van der Waals surface area (Å²) in [7, 11) is -1.38. The van der Waals surface area contributed by atoms with Crippen LogP contribution in [0.4, 0.5) is 0 Å². The van der Waals surface area contributed by atoms with Crippen molar-refractivity contribution in [2.24, 2.45) is 5.92 Å². The molecule has 0 bridgehead atoms. The quantitative estimate of drug-likeness (QED) is 0.876. The van der Waals surface area contributed by atoms with Crippen LogP contribution in [0.3, 0.4) is 0 Å². The highest BCUT2D eigenvalue weighted by molar-refractivity contribution is 7.91. The number of carbonyl (C=O) groups excluding carboxylic acids is 1. The molecule has 1 aliphatic heterocycles. The van der Waals surface area contributed by atoms with Gasteiger partial charge in [-0.3, -0.25) is 4.79 Å². The summed E-state index contributed by atoms with van der Waals surface area (Å²) < 4.78 is 27.7. The Labute approximate surface area is 119 Å². The van der Waals surface area contributed by atoms with Gasteiger partial charge in [-0.2, -0.15) is 0 Å². The lowest BCUT2D eigenvalue weighted by Crippen LogP contribution is -2.30. The number of nitrogens with one attached hydrogen (secondary N) is 1. The van der Waals surface area contributed by atoms with Crippen molar-refractivity contribution < 1.29 is 17.9 Å². The molecule has 1 aliphatic rings. The van der Waals surface area contributed by atoms with Gasteiger partial charge in [0, 0.05) is 13.7 Å². The number of methoxy groups -OCH3 is 1. The highest BCUT2D eigenvalue weighted by Crippen LogP contribution is 2.18. The second-order valence-electron chi connectivity index (χ2n) is 5.07. The first kappa shape index (κ1) is 15.0. The van der Waals surface area contributed by atoms with Gasteiger partial charge in [0.1, 0.15) is 0 Å². The number of benzene rings is 1. The molecule has 1 heterocycles. The summed E-state index contributed by atoms with van der Waals surface area (Å²) in [5.74, 6) is -0.484. The average molecular weight is 297 g/mol. The summed E-state index contributed by atoms with van der Waals surface area (Å²) in [6.45, 7) is 0.940. The van der Waals surface area contributed by atoms with Gasteiger partial charge >= 0.3 is 0 Å². The summed E-state index contributed by atoms with van der Waals surface area (Å²) in [6, 6.07) is 7.76. The van der Waals surface area contributed by atoms with E-state index in [9.17, 15) is 13.2 Å². The molecule has 1 amide bonds. The van der Waals surface area contributed by atoms with Crippen LogP contribution < -0.4 is 5.32 Å². The van der Waals surface area contributed by atoms with Crippen molar-refractivity contribution in [3.63, 3.8) is 0 Å².